The highest BCUT2D eigenvalue weighted by molar-refractivity contribution is 6.12. The summed E-state index contributed by atoms with van der Waals surface area (Å²) in [5.74, 6) is 0. The second-order valence-corrected chi connectivity index (χ2v) is 6.20. The molecule has 0 unspecified atom stereocenters. The Hall–Kier alpha value is -2.65. The minimum atomic E-state index is 0.764. The number of para-hydroxylation sites is 1. The van der Waals surface area contributed by atoms with Crippen molar-refractivity contribution in [1.29, 1.82) is 0 Å². The predicted molar refractivity (Wildman–Crippen MR) is 101 cm³/mol. The molecule has 2 aromatic carbocycles. The molecule has 3 nitrogen and oxygen atoms in total. The van der Waals surface area contributed by atoms with Gasteiger partial charge in [-0.3, -0.25) is 0 Å². The van der Waals surface area contributed by atoms with E-state index in [2.05, 4.69) is 64.6 Å². The summed E-state index contributed by atoms with van der Waals surface area (Å²) in [5, 5.41) is 2.43. The lowest BCUT2D eigenvalue weighted by Crippen LogP contribution is -1.99. The summed E-state index contributed by atoms with van der Waals surface area (Å²) < 4.78 is 0. The molecule has 0 aliphatic carbocycles. The molecule has 0 radical (unpaired) electrons. The van der Waals surface area contributed by atoms with Crippen molar-refractivity contribution in [1.82, 2.24) is 9.97 Å². The van der Waals surface area contributed by atoms with Gasteiger partial charge in [-0.2, -0.15) is 0 Å². The number of nitrogens with two attached hydrogens (primary N) is 1. The largest absolute Gasteiger partial charge is 0.339 e. The van der Waals surface area contributed by atoms with Gasteiger partial charge in [-0.15, -0.1) is 0 Å². The third-order valence-corrected chi connectivity index (χ3v) is 4.56. The first-order chi connectivity index (χ1) is 11.9. The summed E-state index contributed by atoms with van der Waals surface area (Å²) in [6.07, 6.45) is 5.17. The van der Waals surface area contributed by atoms with Gasteiger partial charge in [-0.25, -0.2) is 4.98 Å². The van der Waals surface area contributed by atoms with Gasteiger partial charge >= 0.3 is 0 Å². The molecule has 120 valence electrons. The van der Waals surface area contributed by atoms with Crippen LogP contribution in [-0.2, 0) is 6.42 Å². The summed E-state index contributed by atoms with van der Waals surface area (Å²) in [4.78, 5) is 7.94. The van der Waals surface area contributed by atoms with Crippen LogP contribution in [0.5, 0.6) is 0 Å². The molecule has 0 fully saturated rings. The van der Waals surface area contributed by atoms with E-state index in [9.17, 15) is 0 Å². The molecule has 24 heavy (non-hydrogen) atoms. The molecule has 0 spiro atoms. The Bertz CT molecular complexity index is 985. The van der Waals surface area contributed by atoms with E-state index in [-0.39, 0.29) is 0 Å². The lowest BCUT2D eigenvalue weighted by atomic mass is 9.98. The van der Waals surface area contributed by atoms with Crippen LogP contribution in [0.3, 0.4) is 0 Å². The van der Waals surface area contributed by atoms with Gasteiger partial charge in [0.05, 0.1) is 0 Å². The van der Waals surface area contributed by atoms with Crippen LogP contribution in [0.2, 0.25) is 0 Å². The Kier molecular flexibility index (Phi) is 4.01. The minimum Gasteiger partial charge on any atom is -0.339 e. The third kappa shape index (κ3) is 2.68. The standard InChI is InChI=1S/C21H21N3/c22-12-4-3-6-15-7-5-8-16(14-15)17-11-13-23-21-20(17)18-9-1-2-10-19(18)24-21/h1-2,5,7-11,13-14H,3-4,6,12,22H2,(H,23,24). The SMILES string of the molecule is NCCCCc1cccc(-c2ccnc3[nH]c4ccccc4c23)c1. The fraction of sp³-hybridized carbons (Fsp3) is 0.190. The van der Waals surface area contributed by atoms with E-state index in [0.717, 1.165) is 37.0 Å². The highest BCUT2D eigenvalue weighted by atomic mass is 14.8. The molecule has 3 N–H and O–H groups in total. The van der Waals surface area contributed by atoms with Crippen molar-refractivity contribution in [3.8, 4) is 11.1 Å². The topological polar surface area (TPSA) is 54.7 Å². The van der Waals surface area contributed by atoms with Crippen molar-refractivity contribution >= 4 is 21.9 Å². The van der Waals surface area contributed by atoms with Crippen LogP contribution >= 0.6 is 0 Å². The third-order valence-electron chi connectivity index (χ3n) is 4.56. The number of rotatable bonds is 5. The number of nitrogens with zero attached hydrogens (tertiary/aromatic N) is 1. The van der Waals surface area contributed by atoms with Crippen LogP contribution in [0.1, 0.15) is 18.4 Å². The number of unbranched alkanes of at least 4 members (excludes halogenated alkanes) is 1. The van der Waals surface area contributed by atoms with Gasteiger partial charge in [-0.05, 0) is 54.6 Å². The van der Waals surface area contributed by atoms with E-state index in [1.165, 1.54) is 27.5 Å². The van der Waals surface area contributed by atoms with E-state index in [4.69, 9.17) is 5.73 Å². The lowest BCUT2D eigenvalue weighted by molar-refractivity contribution is 0.745. The molecule has 0 aliphatic heterocycles. The van der Waals surface area contributed by atoms with E-state index < -0.39 is 0 Å². The monoisotopic (exact) mass is 315 g/mol. The molecule has 0 atom stereocenters. The van der Waals surface area contributed by atoms with Crippen LogP contribution in [0, 0.1) is 0 Å². The molecule has 4 aromatic rings. The zero-order valence-corrected chi connectivity index (χ0v) is 13.6. The normalized spacial score (nSPS) is 11.4. The summed E-state index contributed by atoms with van der Waals surface area (Å²) in [6, 6.07) is 19.3. The highest BCUT2D eigenvalue weighted by Gasteiger charge is 2.11. The molecule has 0 saturated heterocycles. The smallest absolute Gasteiger partial charge is 0.138 e. The molecule has 2 heterocycles. The number of aryl methyl sites for hydroxylation is 1. The number of pyridine rings is 1. The summed E-state index contributed by atoms with van der Waals surface area (Å²) in [5.41, 5.74) is 11.5. The lowest BCUT2D eigenvalue weighted by Gasteiger charge is -2.07. The van der Waals surface area contributed by atoms with E-state index in [0.29, 0.717) is 0 Å². The van der Waals surface area contributed by atoms with Gasteiger partial charge in [0, 0.05) is 22.5 Å². The minimum absolute atomic E-state index is 0.764. The number of nitrogens with one attached hydrogen (secondary N) is 1. The van der Waals surface area contributed by atoms with Gasteiger partial charge in [0.1, 0.15) is 5.65 Å². The zero-order chi connectivity index (χ0) is 16.4. The van der Waals surface area contributed by atoms with Crippen LogP contribution in [-0.4, -0.2) is 16.5 Å². The molecule has 0 saturated carbocycles. The first-order valence-electron chi connectivity index (χ1n) is 8.51. The van der Waals surface area contributed by atoms with Crippen molar-refractivity contribution in [3.05, 3.63) is 66.4 Å². The van der Waals surface area contributed by atoms with Crippen LogP contribution in [0.25, 0.3) is 33.1 Å². The Morgan fingerprint density at radius 1 is 0.958 bits per heavy atom. The molecule has 3 heteroatoms. The molecule has 0 amide bonds. The van der Waals surface area contributed by atoms with Gasteiger partial charge in [-0.1, -0.05) is 42.5 Å². The number of benzene rings is 2. The maximum absolute atomic E-state index is 5.61. The summed E-state index contributed by atoms with van der Waals surface area (Å²) in [7, 11) is 0. The molecular weight excluding hydrogens is 294 g/mol. The van der Waals surface area contributed by atoms with Crippen molar-refractivity contribution in [3.63, 3.8) is 0 Å². The number of aromatic amines is 1. The summed E-state index contributed by atoms with van der Waals surface area (Å²) in [6.45, 7) is 0.764. The average molecular weight is 315 g/mol. The number of aromatic nitrogens is 2. The Balaban J connectivity index is 1.83. The van der Waals surface area contributed by atoms with Crippen LogP contribution in [0.4, 0.5) is 0 Å². The van der Waals surface area contributed by atoms with E-state index in [1.807, 2.05) is 6.20 Å². The number of hydrogen-bond acceptors (Lipinski definition) is 2. The Morgan fingerprint density at radius 2 is 1.88 bits per heavy atom. The van der Waals surface area contributed by atoms with E-state index in [1.54, 1.807) is 0 Å². The van der Waals surface area contributed by atoms with Crippen molar-refractivity contribution in [2.24, 2.45) is 5.73 Å². The van der Waals surface area contributed by atoms with Crippen LogP contribution < -0.4 is 5.73 Å². The predicted octanol–water partition coefficient (Wildman–Crippen LogP) is 4.66. The van der Waals surface area contributed by atoms with Crippen LogP contribution in [0.15, 0.2) is 60.8 Å². The zero-order valence-electron chi connectivity index (χ0n) is 13.6. The maximum Gasteiger partial charge on any atom is 0.138 e. The fourth-order valence-electron chi connectivity index (χ4n) is 3.38. The van der Waals surface area contributed by atoms with Gasteiger partial charge < -0.3 is 10.7 Å². The molecule has 2 aromatic heterocycles. The van der Waals surface area contributed by atoms with E-state index >= 15 is 0 Å². The molecule has 4 rings (SSSR count). The quantitative estimate of drug-likeness (QED) is 0.526. The molecule has 0 aliphatic rings. The first kappa shape index (κ1) is 14.9. The maximum atomic E-state index is 5.61. The Morgan fingerprint density at radius 3 is 2.79 bits per heavy atom. The number of hydrogen-bond donors (Lipinski definition) is 2. The first-order valence-corrected chi connectivity index (χ1v) is 8.51. The van der Waals surface area contributed by atoms with Gasteiger partial charge in [0.2, 0.25) is 0 Å². The Labute approximate surface area is 141 Å². The number of fused-ring (bicyclic) bond motifs is 3. The average Bonchev–Trinajstić information content (AvgIpc) is 3.01. The van der Waals surface area contributed by atoms with Crippen molar-refractivity contribution < 1.29 is 0 Å². The van der Waals surface area contributed by atoms with Gasteiger partial charge in [0.25, 0.3) is 0 Å². The van der Waals surface area contributed by atoms with Crippen molar-refractivity contribution in [2.45, 2.75) is 19.3 Å². The molecule has 0 bridgehead atoms. The fourth-order valence-corrected chi connectivity index (χ4v) is 3.38. The van der Waals surface area contributed by atoms with Crippen molar-refractivity contribution in [2.75, 3.05) is 6.54 Å². The second-order valence-electron chi connectivity index (χ2n) is 6.20. The number of H-pyrrole nitrogens is 1. The molecular formula is C21H21N3. The highest BCUT2D eigenvalue weighted by Crippen LogP contribution is 2.33. The summed E-state index contributed by atoms with van der Waals surface area (Å²) >= 11 is 0. The van der Waals surface area contributed by atoms with Gasteiger partial charge in [0.15, 0.2) is 0 Å². The second kappa shape index (κ2) is 6.46.